The van der Waals surface area contributed by atoms with E-state index in [1.54, 1.807) is 0 Å². The normalized spacial score (nSPS) is 31.2. The Morgan fingerprint density at radius 3 is 2.92 bits per heavy atom. The van der Waals surface area contributed by atoms with Crippen LogP contribution < -0.4 is 16.8 Å². The molecule has 0 saturated carbocycles. The monoisotopic (exact) mass is 185 g/mol. The van der Waals surface area contributed by atoms with E-state index in [4.69, 9.17) is 11.5 Å². The maximum Gasteiger partial charge on any atom is 0.234 e. The molecule has 1 rings (SSSR count). The molecular formula is C9H19N3O. The number of hydrogen-bond donors (Lipinski definition) is 3. The van der Waals surface area contributed by atoms with Crippen LogP contribution in [-0.2, 0) is 4.79 Å². The van der Waals surface area contributed by atoms with Crippen LogP contribution >= 0.6 is 0 Å². The first-order valence-electron chi connectivity index (χ1n) is 4.93. The highest BCUT2D eigenvalue weighted by molar-refractivity contribution is 5.79. The first-order chi connectivity index (χ1) is 6.15. The van der Waals surface area contributed by atoms with Crippen molar-refractivity contribution in [3.8, 4) is 0 Å². The summed E-state index contributed by atoms with van der Waals surface area (Å²) in [5, 5.41) is 3.10. The van der Waals surface area contributed by atoms with Crippen LogP contribution in [0.3, 0.4) is 0 Å². The van der Waals surface area contributed by atoms with Crippen LogP contribution in [0.15, 0.2) is 0 Å². The summed E-state index contributed by atoms with van der Waals surface area (Å²) in [6, 6.07) is 0.0419. The largest absolute Gasteiger partial charge is 0.368 e. The molecule has 1 amide bonds. The third-order valence-electron chi connectivity index (χ3n) is 2.86. The highest BCUT2D eigenvalue weighted by Crippen LogP contribution is 2.20. The lowest BCUT2D eigenvalue weighted by molar-refractivity contribution is -0.120. The van der Waals surface area contributed by atoms with E-state index in [0.717, 1.165) is 25.8 Å². The van der Waals surface area contributed by atoms with Gasteiger partial charge in [0.25, 0.3) is 0 Å². The van der Waals surface area contributed by atoms with Gasteiger partial charge in [0.05, 0.1) is 6.04 Å². The molecule has 1 saturated heterocycles. The lowest BCUT2D eigenvalue weighted by Crippen LogP contribution is -2.49. The summed E-state index contributed by atoms with van der Waals surface area (Å²) in [4.78, 5) is 10.9. The molecular weight excluding hydrogens is 166 g/mol. The Labute approximate surface area is 79.0 Å². The fourth-order valence-corrected chi connectivity index (χ4v) is 1.89. The zero-order chi connectivity index (χ0) is 9.84. The number of nitrogens with two attached hydrogens (primary N) is 2. The van der Waals surface area contributed by atoms with Crippen molar-refractivity contribution >= 4 is 5.91 Å². The molecule has 1 fully saturated rings. The van der Waals surface area contributed by atoms with Gasteiger partial charge < -0.3 is 16.8 Å². The topological polar surface area (TPSA) is 81.1 Å². The molecule has 0 aliphatic carbocycles. The quantitative estimate of drug-likeness (QED) is 0.558. The zero-order valence-electron chi connectivity index (χ0n) is 8.12. The third-order valence-corrected chi connectivity index (χ3v) is 2.86. The Balaban J connectivity index is 2.46. The van der Waals surface area contributed by atoms with E-state index >= 15 is 0 Å². The lowest BCUT2D eigenvalue weighted by atomic mass is 9.85. The molecule has 76 valence electrons. The Hall–Kier alpha value is -0.610. The standard InChI is InChI=1S/C9H19N3O/c1-2-7(10)6-3-4-12-8(5-6)9(11)13/h6-8,12H,2-5,10H2,1H3,(H2,11,13)/t6?,7-,8?/m0/s1. The molecule has 0 aromatic carbocycles. The fourth-order valence-electron chi connectivity index (χ4n) is 1.89. The molecule has 1 aliphatic heterocycles. The van der Waals surface area contributed by atoms with Crippen molar-refractivity contribution in [1.82, 2.24) is 5.32 Å². The second-order valence-corrected chi connectivity index (χ2v) is 3.77. The first-order valence-corrected chi connectivity index (χ1v) is 4.93. The Morgan fingerprint density at radius 2 is 2.38 bits per heavy atom. The van der Waals surface area contributed by atoms with E-state index in [-0.39, 0.29) is 18.0 Å². The molecule has 2 unspecified atom stereocenters. The van der Waals surface area contributed by atoms with E-state index in [9.17, 15) is 4.79 Å². The van der Waals surface area contributed by atoms with E-state index in [0.29, 0.717) is 5.92 Å². The van der Waals surface area contributed by atoms with Crippen molar-refractivity contribution in [1.29, 1.82) is 0 Å². The summed E-state index contributed by atoms with van der Waals surface area (Å²) < 4.78 is 0. The molecule has 4 nitrogen and oxygen atoms in total. The second kappa shape index (κ2) is 4.58. The number of carbonyl (C=O) groups is 1. The minimum atomic E-state index is -0.256. The zero-order valence-corrected chi connectivity index (χ0v) is 8.12. The average molecular weight is 185 g/mol. The van der Waals surface area contributed by atoms with Crippen LogP contribution in [0.2, 0.25) is 0 Å². The van der Waals surface area contributed by atoms with Gasteiger partial charge in [0.15, 0.2) is 0 Å². The predicted molar refractivity (Wildman–Crippen MR) is 52.0 cm³/mol. The van der Waals surface area contributed by atoms with E-state index < -0.39 is 0 Å². The van der Waals surface area contributed by atoms with Gasteiger partial charge in [-0.25, -0.2) is 0 Å². The van der Waals surface area contributed by atoms with Gasteiger partial charge >= 0.3 is 0 Å². The molecule has 13 heavy (non-hydrogen) atoms. The van der Waals surface area contributed by atoms with Gasteiger partial charge in [0.2, 0.25) is 5.91 Å². The van der Waals surface area contributed by atoms with E-state index in [2.05, 4.69) is 12.2 Å². The van der Waals surface area contributed by atoms with Crippen LogP contribution in [0.5, 0.6) is 0 Å². The molecule has 0 radical (unpaired) electrons. The maximum absolute atomic E-state index is 10.9. The number of nitrogens with one attached hydrogen (secondary N) is 1. The molecule has 3 atom stereocenters. The molecule has 0 aromatic heterocycles. The fraction of sp³-hybridized carbons (Fsp3) is 0.889. The minimum Gasteiger partial charge on any atom is -0.368 e. The number of primary amides is 1. The predicted octanol–water partition coefficient (Wildman–Crippen LogP) is -0.423. The molecule has 1 heterocycles. The van der Waals surface area contributed by atoms with Gasteiger partial charge in [-0.15, -0.1) is 0 Å². The molecule has 1 aliphatic rings. The average Bonchev–Trinajstić information content (AvgIpc) is 2.17. The summed E-state index contributed by atoms with van der Waals surface area (Å²) in [5.41, 5.74) is 11.2. The lowest BCUT2D eigenvalue weighted by Gasteiger charge is -2.31. The highest BCUT2D eigenvalue weighted by atomic mass is 16.1. The van der Waals surface area contributed by atoms with Crippen molar-refractivity contribution in [2.45, 2.75) is 38.3 Å². The van der Waals surface area contributed by atoms with Gasteiger partial charge in [-0.3, -0.25) is 4.79 Å². The molecule has 4 heteroatoms. The first kappa shape index (κ1) is 10.5. The SMILES string of the molecule is CC[C@H](N)C1CCNC(C(N)=O)C1. The van der Waals surface area contributed by atoms with E-state index in [1.165, 1.54) is 0 Å². The molecule has 0 bridgehead atoms. The van der Waals surface area contributed by atoms with Crippen molar-refractivity contribution < 1.29 is 4.79 Å². The van der Waals surface area contributed by atoms with Crippen LogP contribution in [0.1, 0.15) is 26.2 Å². The van der Waals surface area contributed by atoms with Crippen LogP contribution in [0, 0.1) is 5.92 Å². The van der Waals surface area contributed by atoms with Gasteiger partial charge in [-0.2, -0.15) is 0 Å². The number of piperidine rings is 1. The van der Waals surface area contributed by atoms with Crippen molar-refractivity contribution in [2.24, 2.45) is 17.4 Å². The third kappa shape index (κ3) is 2.67. The summed E-state index contributed by atoms with van der Waals surface area (Å²) >= 11 is 0. The Morgan fingerprint density at radius 1 is 1.69 bits per heavy atom. The minimum absolute atomic E-state index is 0.170. The molecule has 0 spiro atoms. The number of hydrogen-bond acceptors (Lipinski definition) is 3. The second-order valence-electron chi connectivity index (χ2n) is 3.77. The van der Waals surface area contributed by atoms with Crippen LogP contribution in [0.25, 0.3) is 0 Å². The molecule has 0 aromatic rings. The number of amides is 1. The molecule has 5 N–H and O–H groups in total. The van der Waals surface area contributed by atoms with Crippen molar-refractivity contribution in [3.63, 3.8) is 0 Å². The van der Waals surface area contributed by atoms with Gasteiger partial charge in [-0.1, -0.05) is 6.92 Å². The van der Waals surface area contributed by atoms with Gasteiger partial charge in [0, 0.05) is 6.04 Å². The smallest absolute Gasteiger partial charge is 0.234 e. The summed E-state index contributed by atoms with van der Waals surface area (Å²) in [6.45, 7) is 2.93. The van der Waals surface area contributed by atoms with E-state index in [1.807, 2.05) is 0 Å². The van der Waals surface area contributed by atoms with Gasteiger partial charge in [-0.05, 0) is 31.7 Å². The Kier molecular flexibility index (Phi) is 3.69. The number of rotatable bonds is 3. The summed E-state index contributed by atoms with van der Waals surface area (Å²) in [5.74, 6) is 0.191. The summed E-state index contributed by atoms with van der Waals surface area (Å²) in [7, 11) is 0. The maximum atomic E-state index is 10.9. The van der Waals surface area contributed by atoms with Crippen LogP contribution in [-0.4, -0.2) is 24.5 Å². The summed E-state index contributed by atoms with van der Waals surface area (Å²) in [6.07, 6.45) is 2.82. The highest BCUT2D eigenvalue weighted by Gasteiger charge is 2.27. The van der Waals surface area contributed by atoms with Crippen molar-refractivity contribution in [3.05, 3.63) is 0 Å². The van der Waals surface area contributed by atoms with Gasteiger partial charge in [0.1, 0.15) is 0 Å². The Bertz CT molecular complexity index is 184. The van der Waals surface area contributed by atoms with Crippen LogP contribution in [0.4, 0.5) is 0 Å². The number of carbonyl (C=O) groups excluding carboxylic acids is 1. The van der Waals surface area contributed by atoms with Crippen molar-refractivity contribution in [2.75, 3.05) is 6.54 Å².